The monoisotopic (exact) mass is 272 g/mol. The van der Waals surface area contributed by atoms with Crippen molar-refractivity contribution in [3.8, 4) is 0 Å². The van der Waals surface area contributed by atoms with E-state index in [9.17, 15) is 4.79 Å². The number of pyridine rings is 1. The number of hydrogen-bond acceptors (Lipinski definition) is 3. The Bertz CT molecular complexity index is 638. The average Bonchev–Trinajstić information content (AvgIpc) is 2.37. The predicted molar refractivity (Wildman–Crippen MR) is 79.8 cm³/mol. The first-order valence-corrected chi connectivity index (χ1v) is 6.81. The molecule has 0 aliphatic heterocycles. The predicted octanol–water partition coefficient (Wildman–Crippen LogP) is 2.35. The molecule has 0 bridgehead atoms. The van der Waals surface area contributed by atoms with Crippen LogP contribution in [-0.2, 0) is 0 Å². The second-order valence-corrected chi connectivity index (χ2v) is 5.20. The molecule has 1 atom stereocenters. The first-order valence-electron chi connectivity index (χ1n) is 6.81. The van der Waals surface area contributed by atoms with Gasteiger partial charge in [0.2, 0.25) is 0 Å². The smallest absolute Gasteiger partial charge is 0.253 e. The number of rotatable bonds is 4. The molecule has 20 heavy (non-hydrogen) atoms. The number of fused-ring (bicyclic) bond motifs is 1. The number of aryl methyl sites for hydroxylation is 2. The lowest BCUT2D eigenvalue weighted by molar-refractivity contribution is 0.0933. The third-order valence-corrected chi connectivity index (χ3v) is 3.35. The summed E-state index contributed by atoms with van der Waals surface area (Å²) in [6, 6.07) is 7.82. The molecule has 1 heterocycles. The van der Waals surface area contributed by atoms with Crippen molar-refractivity contribution in [3.63, 3.8) is 0 Å². The minimum atomic E-state index is -0.140. The third-order valence-electron chi connectivity index (χ3n) is 3.35. The molecule has 106 valence electrons. The van der Waals surface area contributed by atoms with Gasteiger partial charge in [-0.15, -0.1) is 0 Å². The molecule has 4 heteroatoms. The molecule has 2 N–H and O–H groups in total. The molecule has 0 aliphatic rings. The van der Waals surface area contributed by atoms with Gasteiger partial charge in [-0.2, -0.15) is 0 Å². The van der Waals surface area contributed by atoms with Crippen LogP contribution in [0, 0.1) is 13.8 Å². The second-order valence-electron chi connectivity index (χ2n) is 5.20. The van der Waals surface area contributed by atoms with Crippen LogP contribution in [0.3, 0.4) is 0 Å². The Morgan fingerprint density at radius 2 is 2.10 bits per heavy atom. The fourth-order valence-electron chi connectivity index (χ4n) is 2.17. The fourth-order valence-corrected chi connectivity index (χ4v) is 2.17. The molecular formula is C16H20N2O2. The van der Waals surface area contributed by atoms with Crippen molar-refractivity contribution < 1.29 is 9.90 Å². The molecular weight excluding hydrogens is 252 g/mol. The van der Waals surface area contributed by atoms with Crippen LogP contribution >= 0.6 is 0 Å². The molecule has 1 aromatic carbocycles. The Kier molecular flexibility index (Phi) is 4.35. The van der Waals surface area contributed by atoms with E-state index < -0.39 is 0 Å². The molecule has 0 spiro atoms. The first-order chi connectivity index (χ1) is 9.51. The number of aliphatic hydroxyl groups is 1. The highest BCUT2D eigenvalue weighted by molar-refractivity contribution is 5.98. The lowest BCUT2D eigenvalue weighted by Crippen LogP contribution is -2.33. The topological polar surface area (TPSA) is 62.2 Å². The standard InChI is InChI=1S/C16H20N2O2/c1-10-4-5-13-9-14(12(3)18-15(13)8-10)16(20)17-11(2)6-7-19/h4-5,8-9,11,19H,6-7H2,1-3H3,(H,17,20). The van der Waals surface area contributed by atoms with Gasteiger partial charge in [0.25, 0.3) is 5.91 Å². The summed E-state index contributed by atoms with van der Waals surface area (Å²) >= 11 is 0. The van der Waals surface area contributed by atoms with Gasteiger partial charge in [-0.25, -0.2) is 0 Å². The van der Waals surface area contributed by atoms with Gasteiger partial charge in [0.1, 0.15) is 0 Å². The molecule has 0 saturated carbocycles. The normalized spacial score (nSPS) is 12.4. The number of benzene rings is 1. The van der Waals surface area contributed by atoms with E-state index in [0.29, 0.717) is 12.0 Å². The summed E-state index contributed by atoms with van der Waals surface area (Å²) in [6.07, 6.45) is 0.547. The maximum Gasteiger partial charge on any atom is 0.253 e. The highest BCUT2D eigenvalue weighted by atomic mass is 16.3. The van der Waals surface area contributed by atoms with Gasteiger partial charge in [-0.1, -0.05) is 12.1 Å². The minimum Gasteiger partial charge on any atom is -0.396 e. The van der Waals surface area contributed by atoms with Crippen LogP contribution in [0.25, 0.3) is 10.9 Å². The van der Waals surface area contributed by atoms with E-state index >= 15 is 0 Å². The van der Waals surface area contributed by atoms with Gasteiger partial charge in [0, 0.05) is 18.0 Å². The number of hydrogen-bond donors (Lipinski definition) is 2. The van der Waals surface area contributed by atoms with Crippen LogP contribution in [0.2, 0.25) is 0 Å². The number of aliphatic hydroxyl groups excluding tert-OH is 1. The van der Waals surface area contributed by atoms with E-state index in [0.717, 1.165) is 22.2 Å². The summed E-state index contributed by atoms with van der Waals surface area (Å²) in [7, 11) is 0. The molecule has 0 saturated heterocycles. The molecule has 1 amide bonds. The fraction of sp³-hybridized carbons (Fsp3) is 0.375. The highest BCUT2D eigenvalue weighted by Gasteiger charge is 2.13. The van der Waals surface area contributed by atoms with Crippen molar-refractivity contribution >= 4 is 16.8 Å². The van der Waals surface area contributed by atoms with Crippen LogP contribution in [0.15, 0.2) is 24.3 Å². The number of aromatic nitrogens is 1. The SMILES string of the molecule is Cc1ccc2cc(C(=O)NC(C)CCO)c(C)nc2c1. The minimum absolute atomic E-state index is 0.0550. The quantitative estimate of drug-likeness (QED) is 0.898. The zero-order valence-corrected chi connectivity index (χ0v) is 12.1. The Morgan fingerprint density at radius 1 is 1.35 bits per heavy atom. The van der Waals surface area contributed by atoms with E-state index in [2.05, 4.69) is 10.3 Å². The molecule has 4 nitrogen and oxygen atoms in total. The lowest BCUT2D eigenvalue weighted by atomic mass is 10.1. The maximum atomic E-state index is 12.2. The molecule has 2 rings (SSSR count). The van der Waals surface area contributed by atoms with Crippen LogP contribution in [-0.4, -0.2) is 28.6 Å². The summed E-state index contributed by atoms with van der Waals surface area (Å²) in [6.45, 7) is 5.80. The number of carbonyl (C=O) groups excluding carboxylic acids is 1. The van der Waals surface area contributed by atoms with Crippen molar-refractivity contribution in [3.05, 3.63) is 41.1 Å². The van der Waals surface area contributed by atoms with Crippen LogP contribution < -0.4 is 5.32 Å². The van der Waals surface area contributed by atoms with Crippen molar-refractivity contribution in [2.24, 2.45) is 0 Å². The molecule has 2 aromatic rings. The van der Waals surface area contributed by atoms with Crippen molar-refractivity contribution in [2.75, 3.05) is 6.61 Å². The molecule has 1 unspecified atom stereocenters. The van der Waals surface area contributed by atoms with E-state index in [1.807, 2.05) is 45.0 Å². The summed E-state index contributed by atoms with van der Waals surface area (Å²) in [5.74, 6) is -0.140. The summed E-state index contributed by atoms with van der Waals surface area (Å²) in [4.78, 5) is 16.7. The van der Waals surface area contributed by atoms with Gasteiger partial charge >= 0.3 is 0 Å². The van der Waals surface area contributed by atoms with Gasteiger partial charge in [-0.3, -0.25) is 9.78 Å². The summed E-state index contributed by atoms with van der Waals surface area (Å²) < 4.78 is 0. The van der Waals surface area contributed by atoms with Gasteiger partial charge < -0.3 is 10.4 Å². The largest absolute Gasteiger partial charge is 0.396 e. The average molecular weight is 272 g/mol. The Morgan fingerprint density at radius 3 is 2.80 bits per heavy atom. The number of nitrogens with one attached hydrogen (secondary N) is 1. The second kappa shape index (κ2) is 6.01. The van der Waals surface area contributed by atoms with E-state index in [-0.39, 0.29) is 18.6 Å². The van der Waals surface area contributed by atoms with Crippen molar-refractivity contribution in [2.45, 2.75) is 33.2 Å². The first kappa shape index (κ1) is 14.5. The van der Waals surface area contributed by atoms with Crippen molar-refractivity contribution in [1.82, 2.24) is 10.3 Å². The zero-order valence-electron chi connectivity index (χ0n) is 12.1. The highest BCUT2D eigenvalue weighted by Crippen LogP contribution is 2.18. The lowest BCUT2D eigenvalue weighted by Gasteiger charge is -2.14. The van der Waals surface area contributed by atoms with Gasteiger partial charge in [-0.05, 0) is 44.9 Å². The van der Waals surface area contributed by atoms with E-state index in [4.69, 9.17) is 5.11 Å². The van der Waals surface area contributed by atoms with E-state index in [1.165, 1.54) is 0 Å². The zero-order chi connectivity index (χ0) is 14.7. The molecule has 1 aromatic heterocycles. The number of nitrogens with zero attached hydrogens (tertiary/aromatic N) is 1. The number of carbonyl (C=O) groups is 1. The van der Waals surface area contributed by atoms with Crippen molar-refractivity contribution in [1.29, 1.82) is 0 Å². The Balaban J connectivity index is 2.32. The summed E-state index contributed by atoms with van der Waals surface area (Å²) in [5.41, 5.74) is 3.36. The molecule has 0 radical (unpaired) electrons. The van der Waals surface area contributed by atoms with E-state index in [1.54, 1.807) is 0 Å². The summed E-state index contributed by atoms with van der Waals surface area (Å²) in [5, 5.41) is 12.7. The third kappa shape index (κ3) is 3.14. The molecule has 0 fully saturated rings. The Labute approximate surface area is 118 Å². The Hall–Kier alpha value is -1.94. The van der Waals surface area contributed by atoms with Crippen LogP contribution in [0.1, 0.15) is 35.0 Å². The molecule has 0 aliphatic carbocycles. The van der Waals surface area contributed by atoms with Gasteiger partial charge in [0.05, 0.1) is 16.8 Å². The maximum absolute atomic E-state index is 12.2. The van der Waals surface area contributed by atoms with Gasteiger partial charge in [0.15, 0.2) is 0 Å². The van der Waals surface area contributed by atoms with Crippen LogP contribution in [0.4, 0.5) is 0 Å². The number of amides is 1. The van der Waals surface area contributed by atoms with Crippen LogP contribution in [0.5, 0.6) is 0 Å².